The summed E-state index contributed by atoms with van der Waals surface area (Å²) < 4.78 is 33.8. The molecule has 5 rings (SSSR count). The largest absolute Gasteiger partial charge is 0.462 e. The molecule has 1 aliphatic carbocycles. The van der Waals surface area contributed by atoms with Gasteiger partial charge in [0.25, 0.3) is 5.69 Å². The van der Waals surface area contributed by atoms with E-state index in [9.17, 15) is 71.4 Å². The molecular formula is C31H46N2O20. The standard InChI is InChI=1S/C31H46N2O20/c1-10-17(32-14-6-11(7-34)18(37)21(40)19(14)38)20(39)24(43)29(48-10)52-27-16(9-36)51-31(26(45)23(27)42)53-28-15(8-35)50-30(25(44)22(28)41)49-13-4-2-12(3-5-13)33(46)47/h2-6,10,14-32,34-45H,7-9H2,1H3. The lowest BCUT2D eigenvalue weighted by molar-refractivity contribution is -0.384. The van der Waals surface area contributed by atoms with E-state index in [2.05, 4.69) is 5.32 Å². The van der Waals surface area contributed by atoms with E-state index in [0.29, 0.717) is 0 Å². The highest BCUT2D eigenvalue weighted by Crippen LogP contribution is 2.34. The van der Waals surface area contributed by atoms with Gasteiger partial charge in [-0.05, 0) is 24.6 Å². The van der Waals surface area contributed by atoms with Gasteiger partial charge in [-0.25, -0.2) is 0 Å². The van der Waals surface area contributed by atoms with Crippen molar-refractivity contribution in [3.8, 4) is 5.75 Å². The number of non-ortho nitro benzene ring substituents is 1. The maximum Gasteiger partial charge on any atom is 0.269 e. The minimum absolute atomic E-state index is 0.00887. The molecule has 0 amide bonds. The Morgan fingerprint density at radius 1 is 0.698 bits per heavy atom. The normalized spacial score (nSPS) is 45.0. The van der Waals surface area contributed by atoms with Crippen molar-refractivity contribution >= 4 is 5.69 Å². The maximum atomic E-state index is 11.1. The van der Waals surface area contributed by atoms with E-state index in [1.165, 1.54) is 25.1 Å². The van der Waals surface area contributed by atoms with Crippen LogP contribution in [-0.2, 0) is 23.7 Å². The van der Waals surface area contributed by atoms with Crippen molar-refractivity contribution in [1.29, 1.82) is 0 Å². The van der Waals surface area contributed by atoms with Crippen LogP contribution >= 0.6 is 0 Å². The monoisotopic (exact) mass is 766 g/mol. The molecule has 53 heavy (non-hydrogen) atoms. The lowest BCUT2D eigenvalue weighted by Crippen LogP contribution is -2.68. The minimum atomic E-state index is -1.99. The second kappa shape index (κ2) is 17.5. The van der Waals surface area contributed by atoms with Gasteiger partial charge in [0.05, 0.1) is 42.9 Å². The third-order valence-electron chi connectivity index (χ3n) is 9.76. The van der Waals surface area contributed by atoms with E-state index in [-0.39, 0.29) is 17.0 Å². The Labute approximate surface area is 300 Å². The lowest BCUT2D eigenvalue weighted by atomic mass is 9.86. The van der Waals surface area contributed by atoms with Crippen molar-refractivity contribution in [2.75, 3.05) is 19.8 Å². The summed E-state index contributed by atoms with van der Waals surface area (Å²) in [6.45, 7) is -0.852. The van der Waals surface area contributed by atoms with Crippen LogP contribution in [0.1, 0.15) is 6.92 Å². The van der Waals surface area contributed by atoms with Crippen LogP contribution in [0.2, 0.25) is 0 Å². The number of rotatable bonds is 12. The Hall–Kier alpha value is -2.56. The zero-order valence-corrected chi connectivity index (χ0v) is 28.1. The summed E-state index contributed by atoms with van der Waals surface area (Å²) in [6, 6.07) is 2.49. The van der Waals surface area contributed by atoms with Gasteiger partial charge in [-0.15, -0.1) is 0 Å². The summed E-state index contributed by atoms with van der Waals surface area (Å²) in [5.41, 5.74) is -0.228. The molecule has 3 saturated heterocycles. The maximum absolute atomic E-state index is 11.1. The van der Waals surface area contributed by atoms with Gasteiger partial charge in [0.15, 0.2) is 12.6 Å². The van der Waals surface area contributed by atoms with Crippen LogP contribution in [0, 0.1) is 10.1 Å². The Kier molecular flexibility index (Phi) is 13.7. The van der Waals surface area contributed by atoms with Crippen LogP contribution in [0.25, 0.3) is 0 Å². The number of aliphatic hydroxyl groups excluding tert-OH is 12. The van der Waals surface area contributed by atoms with E-state index in [4.69, 9.17) is 28.4 Å². The predicted molar refractivity (Wildman–Crippen MR) is 169 cm³/mol. The van der Waals surface area contributed by atoms with Crippen LogP contribution in [0.5, 0.6) is 5.75 Å². The van der Waals surface area contributed by atoms with Crippen LogP contribution in [-0.4, -0.2) is 202 Å². The van der Waals surface area contributed by atoms with Crippen molar-refractivity contribution < 1.29 is 94.6 Å². The Balaban J connectivity index is 1.21. The van der Waals surface area contributed by atoms with Crippen molar-refractivity contribution in [2.24, 2.45) is 0 Å². The molecule has 300 valence electrons. The van der Waals surface area contributed by atoms with Crippen LogP contribution in [0.3, 0.4) is 0 Å². The molecule has 0 saturated carbocycles. The van der Waals surface area contributed by atoms with Gasteiger partial charge in [-0.1, -0.05) is 6.08 Å². The summed E-state index contributed by atoms with van der Waals surface area (Å²) in [6.07, 6.45) is -26.9. The highest BCUT2D eigenvalue weighted by molar-refractivity contribution is 5.36. The molecule has 22 heteroatoms. The molecule has 4 aliphatic rings. The van der Waals surface area contributed by atoms with Crippen molar-refractivity contribution in [3.63, 3.8) is 0 Å². The average Bonchev–Trinajstić information content (AvgIpc) is 3.14. The van der Waals surface area contributed by atoms with Crippen LogP contribution in [0.4, 0.5) is 5.69 Å². The topological polar surface area (TPSA) is 353 Å². The van der Waals surface area contributed by atoms with Gasteiger partial charge in [0.2, 0.25) is 6.29 Å². The van der Waals surface area contributed by atoms with Gasteiger partial charge in [-0.3, -0.25) is 10.1 Å². The predicted octanol–water partition coefficient (Wildman–Crippen LogP) is -6.57. The number of ether oxygens (including phenoxy) is 6. The summed E-state index contributed by atoms with van der Waals surface area (Å²) >= 11 is 0. The van der Waals surface area contributed by atoms with Crippen molar-refractivity contribution in [1.82, 2.24) is 5.32 Å². The summed E-state index contributed by atoms with van der Waals surface area (Å²) in [5, 5.41) is 140. The molecule has 13 N–H and O–H groups in total. The number of hydrogen-bond acceptors (Lipinski definition) is 21. The molecule has 3 heterocycles. The third kappa shape index (κ3) is 8.65. The summed E-state index contributed by atoms with van der Waals surface area (Å²) in [7, 11) is 0. The molecule has 0 bridgehead atoms. The van der Waals surface area contributed by atoms with Gasteiger partial charge >= 0.3 is 0 Å². The molecule has 19 atom stereocenters. The molecule has 0 aromatic heterocycles. The van der Waals surface area contributed by atoms with Crippen LogP contribution in [0.15, 0.2) is 35.9 Å². The van der Waals surface area contributed by atoms with Gasteiger partial charge < -0.3 is 95.0 Å². The molecular weight excluding hydrogens is 720 g/mol. The first-order valence-electron chi connectivity index (χ1n) is 16.7. The van der Waals surface area contributed by atoms with E-state index >= 15 is 0 Å². The van der Waals surface area contributed by atoms with E-state index in [0.717, 1.165) is 12.1 Å². The zero-order valence-electron chi connectivity index (χ0n) is 28.1. The number of benzene rings is 1. The first-order chi connectivity index (χ1) is 25.1. The quantitative estimate of drug-likeness (QED) is 0.0534. The molecule has 1 aromatic rings. The molecule has 22 nitrogen and oxygen atoms in total. The molecule has 3 fully saturated rings. The molecule has 1 aromatic carbocycles. The number of nitro groups is 1. The fraction of sp³-hybridized carbons (Fsp3) is 0.742. The fourth-order valence-electron chi connectivity index (χ4n) is 6.68. The van der Waals surface area contributed by atoms with Crippen molar-refractivity contribution in [3.05, 3.63) is 46.0 Å². The van der Waals surface area contributed by atoms with Gasteiger partial charge in [-0.2, -0.15) is 0 Å². The second-order valence-electron chi connectivity index (χ2n) is 13.2. The molecule has 3 aliphatic heterocycles. The molecule has 19 unspecified atom stereocenters. The number of aliphatic hydroxyl groups is 12. The minimum Gasteiger partial charge on any atom is -0.462 e. The Morgan fingerprint density at radius 3 is 1.74 bits per heavy atom. The summed E-state index contributed by atoms with van der Waals surface area (Å²) in [4.78, 5) is 10.3. The number of hydrogen-bond donors (Lipinski definition) is 13. The fourth-order valence-corrected chi connectivity index (χ4v) is 6.68. The first-order valence-corrected chi connectivity index (χ1v) is 16.7. The van der Waals surface area contributed by atoms with Crippen molar-refractivity contribution in [2.45, 2.75) is 123 Å². The zero-order chi connectivity index (χ0) is 38.9. The third-order valence-corrected chi connectivity index (χ3v) is 9.76. The highest BCUT2D eigenvalue weighted by atomic mass is 16.8. The molecule has 0 radical (unpaired) electrons. The van der Waals surface area contributed by atoms with Gasteiger partial charge in [0.1, 0.15) is 85.1 Å². The SMILES string of the molecule is CC1OC(OC2C(CO)OC(OC3C(CO)OC(Oc4ccc([N+](=O)[O-])cc4)C(O)C3O)C(O)C2O)C(O)C(O)C1NC1C=C(CO)C(O)C(O)C1O. The number of nitro benzene ring substituents is 1. The number of nitrogens with zero attached hydrogens (tertiary/aromatic N) is 1. The lowest BCUT2D eigenvalue weighted by Gasteiger charge is -2.48. The average molecular weight is 767 g/mol. The molecule has 0 spiro atoms. The Bertz CT molecular complexity index is 1390. The van der Waals surface area contributed by atoms with E-state index in [1.54, 1.807) is 0 Å². The smallest absolute Gasteiger partial charge is 0.269 e. The first kappa shape index (κ1) is 41.6. The summed E-state index contributed by atoms with van der Waals surface area (Å²) in [5.74, 6) is 0.0204. The highest BCUT2D eigenvalue weighted by Gasteiger charge is 2.54. The van der Waals surface area contributed by atoms with E-state index in [1.807, 2.05) is 0 Å². The van der Waals surface area contributed by atoms with Crippen LogP contribution < -0.4 is 10.1 Å². The van der Waals surface area contributed by atoms with E-state index < -0.39 is 141 Å². The second-order valence-corrected chi connectivity index (χ2v) is 13.2. The Morgan fingerprint density at radius 2 is 1.21 bits per heavy atom. The van der Waals surface area contributed by atoms with Gasteiger partial charge in [0, 0.05) is 12.1 Å². The number of nitrogens with one attached hydrogen (secondary N) is 1.